The summed E-state index contributed by atoms with van der Waals surface area (Å²) in [6.07, 6.45) is 7.82. The second-order valence-corrected chi connectivity index (χ2v) is 13.7. The van der Waals surface area contributed by atoms with Gasteiger partial charge in [-0.05, 0) is 97.2 Å². The minimum Gasteiger partial charge on any atom is -0.300 e. The predicted octanol–water partition coefficient (Wildman–Crippen LogP) is 5.69. The van der Waals surface area contributed by atoms with Crippen LogP contribution in [-0.4, -0.2) is 82.6 Å². The van der Waals surface area contributed by atoms with Gasteiger partial charge in [-0.2, -0.15) is 11.8 Å². The molecule has 0 radical (unpaired) electrons. The van der Waals surface area contributed by atoms with Crippen LogP contribution in [0.15, 0.2) is 0 Å². The second-order valence-electron chi connectivity index (χ2n) is 12.3. The van der Waals surface area contributed by atoms with Crippen LogP contribution in [0.4, 0.5) is 0 Å². The Morgan fingerprint density at radius 3 is 1.94 bits per heavy atom. The smallest absolute Gasteiger partial charge is 0.0383 e. The summed E-state index contributed by atoms with van der Waals surface area (Å²) < 4.78 is 0.517. The molecule has 0 aromatic rings. The van der Waals surface area contributed by atoms with Crippen LogP contribution in [-0.2, 0) is 0 Å². The Morgan fingerprint density at radius 2 is 1.39 bits per heavy atom. The van der Waals surface area contributed by atoms with Gasteiger partial charge in [-0.25, -0.2) is 0 Å². The van der Waals surface area contributed by atoms with Crippen LogP contribution in [0.5, 0.6) is 0 Å². The average Bonchev–Trinajstić information content (AvgIpc) is 2.65. The lowest BCUT2D eigenvalue weighted by Gasteiger charge is -2.53. The quantitative estimate of drug-likeness (QED) is 0.377. The zero-order valence-corrected chi connectivity index (χ0v) is 23.0. The maximum absolute atomic E-state index is 2.80. The van der Waals surface area contributed by atoms with E-state index in [4.69, 9.17) is 0 Å². The Bertz CT molecular complexity index is 555. The molecular weight excluding hydrogens is 398 g/mol. The maximum Gasteiger partial charge on any atom is 0.0383 e. The third-order valence-corrected chi connectivity index (χ3v) is 10.8. The molecule has 0 aliphatic carbocycles. The van der Waals surface area contributed by atoms with Crippen molar-refractivity contribution in [2.75, 3.05) is 39.0 Å². The minimum absolute atomic E-state index is 0.517. The molecule has 6 unspecified atom stereocenters. The number of nitrogens with zero attached hydrogens (tertiary/aromatic N) is 3. The number of rotatable bonds is 12. The van der Waals surface area contributed by atoms with Crippen LogP contribution in [0, 0.1) is 23.7 Å². The van der Waals surface area contributed by atoms with Crippen molar-refractivity contribution in [3.63, 3.8) is 0 Å². The average molecular weight is 452 g/mol. The van der Waals surface area contributed by atoms with Crippen LogP contribution in [0.3, 0.4) is 0 Å². The summed E-state index contributed by atoms with van der Waals surface area (Å²) >= 11 is 2.04. The molecule has 0 N–H and O–H groups in total. The van der Waals surface area contributed by atoms with Gasteiger partial charge < -0.3 is 4.90 Å². The Kier molecular flexibility index (Phi) is 8.89. The van der Waals surface area contributed by atoms with E-state index in [2.05, 4.69) is 76.3 Å². The molecule has 3 saturated heterocycles. The topological polar surface area (TPSA) is 9.72 Å². The summed E-state index contributed by atoms with van der Waals surface area (Å²) in [7, 11) is 0. The third-order valence-electron chi connectivity index (χ3n) is 9.61. The molecule has 0 aromatic heterocycles. The van der Waals surface area contributed by atoms with Gasteiger partial charge in [0.1, 0.15) is 0 Å². The highest BCUT2D eigenvalue weighted by Crippen LogP contribution is 2.39. The van der Waals surface area contributed by atoms with Crippen LogP contribution < -0.4 is 0 Å². The third kappa shape index (κ3) is 6.03. The van der Waals surface area contributed by atoms with Gasteiger partial charge in [-0.1, -0.05) is 13.8 Å². The second kappa shape index (κ2) is 10.7. The fourth-order valence-electron chi connectivity index (χ4n) is 6.30. The van der Waals surface area contributed by atoms with Gasteiger partial charge in [-0.15, -0.1) is 0 Å². The van der Waals surface area contributed by atoms with Gasteiger partial charge in [0.2, 0.25) is 0 Å². The molecule has 0 amide bonds. The van der Waals surface area contributed by atoms with Gasteiger partial charge in [0.05, 0.1) is 0 Å². The van der Waals surface area contributed by atoms with E-state index in [9.17, 15) is 0 Å². The molecule has 3 heterocycles. The highest BCUT2D eigenvalue weighted by atomic mass is 32.2. The Balaban J connectivity index is 1.30. The fraction of sp³-hybridized carbons (Fsp3) is 1.00. The van der Waals surface area contributed by atoms with Gasteiger partial charge in [0.15, 0.2) is 0 Å². The predicted molar refractivity (Wildman–Crippen MR) is 139 cm³/mol. The maximum atomic E-state index is 2.80. The van der Waals surface area contributed by atoms with Gasteiger partial charge in [0, 0.05) is 61.6 Å². The normalized spacial score (nSPS) is 31.5. The molecule has 6 atom stereocenters. The summed E-state index contributed by atoms with van der Waals surface area (Å²) in [5.74, 6) is 3.61. The van der Waals surface area contributed by atoms with Gasteiger partial charge >= 0.3 is 0 Å². The molecule has 0 saturated carbocycles. The Labute approximate surface area is 199 Å². The molecule has 3 aliphatic heterocycles. The van der Waals surface area contributed by atoms with Crippen molar-refractivity contribution >= 4 is 11.8 Å². The number of hydrogen-bond acceptors (Lipinski definition) is 4. The van der Waals surface area contributed by atoms with Crippen molar-refractivity contribution in [3.8, 4) is 0 Å². The van der Waals surface area contributed by atoms with Crippen LogP contribution >= 0.6 is 11.8 Å². The summed E-state index contributed by atoms with van der Waals surface area (Å²) in [6, 6.07) is 3.02. The van der Waals surface area contributed by atoms with Crippen LogP contribution in [0.2, 0.25) is 0 Å². The lowest BCUT2D eigenvalue weighted by atomic mass is 9.76. The molecule has 3 rings (SSSR count). The van der Waals surface area contributed by atoms with E-state index < -0.39 is 0 Å². The molecule has 0 aromatic carbocycles. The lowest BCUT2D eigenvalue weighted by molar-refractivity contribution is -0.0421. The minimum atomic E-state index is 0.517. The monoisotopic (exact) mass is 451 g/mol. The molecule has 3 aliphatic rings. The molecule has 0 bridgehead atoms. The van der Waals surface area contributed by atoms with E-state index in [0.717, 1.165) is 47.8 Å². The van der Waals surface area contributed by atoms with Crippen molar-refractivity contribution in [2.24, 2.45) is 23.7 Å². The summed E-state index contributed by atoms with van der Waals surface area (Å²) in [5, 5.41) is 0. The standard InChI is InChI=1S/C27H53N3S/c1-19(2)28-14-25(15-28)20(3)10-13-23(6)30-16-26(24(30)7)21(4)11-12-22(5)29-17-27(8,18-29)31-9/h19-26H,10-18H2,1-9H3. The molecule has 4 heteroatoms. The van der Waals surface area contributed by atoms with E-state index >= 15 is 0 Å². The molecule has 3 nitrogen and oxygen atoms in total. The van der Waals surface area contributed by atoms with Crippen molar-refractivity contribution in [3.05, 3.63) is 0 Å². The Morgan fingerprint density at radius 1 is 0.806 bits per heavy atom. The number of hydrogen-bond donors (Lipinski definition) is 0. The molecule has 182 valence electrons. The zero-order chi connectivity index (χ0) is 22.9. The van der Waals surface area contributed by atoms with E-state index in [-0.39, 0.29) is 0 Å². The number of likely N-dealkylation sites (tertiary alicyclic amines) is 3. The largest absolute Gasteiger partial charge is 0.300 e. The summed E-state index contributed by atoms with van der Waals surface area (Å²) in [4.78, 5) is 8.13. The highest BCUT2D eigenvalue weighted by Gasteiger charge is 2.42. The van der Waals surface area contributed by atoms with Crippen molar-refractivity contribution in [2.45, 2.75) is 110 Å². The fourth-order valence-corrected chi connectivity index (χ4v) is 6.89. The SMILES string of the molecule is CSC1(C)CN(C(C)CCC(C)C2CN(C(C)CCC(C)C3CN(C(C)C)C3)C2C)C1. The van der Waals surface area contributed by atoms with Crippen LogP contribution in [0.1, 0.15) is 81.1 Å². The van der Waals surface area contributed by atoms with Gasteiger partial charge in [-0.3, -0.25) is 9.80 Å². The zero-order valence-electron chi connectivity index (χ0n) is 22.2. The highest BCUT2D eigenvalue weighted by molar-refractivity contribution is 8.00. The number of thioether (sulfide) groups is 1. The van der Waals surface area contributed by atoms with E-state index in [0.29, 0.717) is 4.75 Å². The van der Waals surface area contributed by atoms with E-state index in [1.807, 2.05) is 11.8 Å². The first-order valence-electron chi connectivity index (χ1n) is 13.3. The first-order chi connectivity index (χ1) is 14.5. The lowest BCUT2D eigenvalue weighted by Crippen LogP contribution is -2.61. The molecule has 3 fully saturated rings. The first-order valence-corrected chi connectivity index (χ1v) is 14.6. The molecule has 0 spiro atoms. The molecular formula is C27H53N3S. The van der Waals surface area contributed by atoms with Crippen molar-refractivity contribution < 1.29 is 0 Å². The summed E-state index contributed by atoms with van der Waals surface area (Å²) in [5.41, 5.74) is 0. The van der Waals surface area contributed by atoms with E-state index in [1.54, 1.807) is 0 Å². The van der Waals surface area contributed by atoms with Crippen LogP contribution in [0.25, 0.3) is 0 Å². The van der Waals surface area contributed by atoms with Gasteiger partial charge in [0.25, 0.3) is 0 Å². The molecule has 31 heavy (non-hydrogen) atoms. The van der Waals surface area contributed by atoms with Crippen molar-refractivity contribution in [1.82, 2.24) is 14.7 Å². The van der Waals surface area contributed by atoms with E-state index in [1.165, 1.54) is 58.4 Å². The Hall–Kier alpha value is 0.230. The van der Waals surface area contributed by atoms with Crippen molar-refractivity contribution in [1.29, 1.82) is 0 Å². The first kappa shape index (κ1) is 25.8. The summed E-state index contributed by atoms with van der Waals surface area (Å²) in [6.45, 7) is 26.1.